The van der Waals surface area contributed by atoms with Gasteiger partial charge < -0.3 is 20.6 Å². The van der Waals surface area contributed by atoms with Gasteiger partial charge in [0.05, 0.1) is 12.1 Å². The summed E-state index contributed by atoms with van der Waals surface area (Å²) in [6.45, 7) is 2.62. The molecular weight excluding hydrogens is 278 g/mol. The van der Waals surface area contributed by atoms with Crippen molar-refractivity contribution in [3.63, 3.8) is 0 Å². The molecule has 2 rings (SSSR count). The second-order valence-electron chi connectivity index (χ2n) is 7.61. The molecule has 22 heavy (non-hydrogen) atoms. The quantitative estimate of drug-likeness (QED) is 0.673. The van der Waals surface area contributed by atoms with E-state index >= 15 is 0 Å². The molecule has 0 aromatic carbocycles. The molecular formula is C17H33N3O2. The van der Waals surface area contributed by atoms with Crippen molar-refractivity contribution < 1.29 is 9.90 Å². The van der Waals surface area contributed by atoms with Gasteiger partial charge in [-0.2, -0.15) is 0 Å². The second-order valence-corrected chi connectivity index (χ2v) is 7.61. The number of aliphatic hydroxyl groups is 1. The summed E-state index contributed by atoms with van der Waals surface area (Å²) in [6.07, 6.45) is 8.70. The number of nitrogens with zero attached hydrogens (tertiary/aromatic N) is 1. The van der Waals surface area contributed by atoms with E-state index in [1.54, 1.807) is 0 Å². The first-order valence-corrected chi connectivity index (χ1v) is 8.79. The smallest absolute Gasteiger partial charge is 0.315 e. The highest BCUT2D eigenvalue weighted by Crippen LogP contribution is 2.39. The van der Waals surface area contributed by atoms with Gasteiger partial charge in [-0.3, -0.25) is 0 Å². The summed E-state index contributed by atoms with van der Waals surface area (Å²) in [5, 5.41) is 15.6. The Bertz CT molecular complexity index is 365. The zero-order valence-electron chi connectivity index (χ0n) is 14.4. The number of hydrogen-bond donors (Lipinski definition) is 3. The van der Waals surface area contributed by atoms with Crippen LogP contribution in [0.3, 0.4) is 0 Å². The second kappa shape index (κ2) is 7.64. The van der Waals surface area contributed by atoms with Gasteiger partial charge >= 0.3 is 6.03 Å². The highest BCUT2D eigenvalue weighted by atomic mass is 16.3. The molecule has 0 heterocycles. The lowest BCUT2D eigenvalue weighted by molar-refractivity contribution is 0.147. The van der Waals surface area contributed by atoms with Crippen LogP contribution in [-0.2, 0) is 0 Å². The Hall–Kier alpha value is -0.810. The fourth-order valence-corrected chi connectivity index (χ4v) is 3.78. The monoisotopic (exact) mass is 311 g/mol. The molecule has 5 heteroatoms. The van der Waals surface area contributed by atoms with Gasteiger partial charge in [-0.1, -0.05) is 19.3 Å². The van der Waals surface area contributed by atoms with Crippen molar-refractivity contribution >= 4 is 6.03 Å². The largest absolute Gasteiger partial charge is 0.394 e. The Morgan fingerprint density at radius 3 is 2.36 bits per heavy atom. The van der Waals surface area contributed by atoms with Gasteiger partial charge in [0.25, 0.3) is 0 Å². The average molecular weight is 311 g/mol. The molecule has 0 aliphatic heterocycles. The molecule has 2 fully saturated rings. The van der Waals surface area contributed by atoms with E-state index < -0.39 is 5.54 Å². The van der Waals surface area contributed by atoms with E-state index in [1.807, 2.05) is 6.92 Å². The van der Waals surface area contributed by atoms with Crippen molar-refractivity contribution in [2.24, 2.45) is 11.8 Å². The van der Waals surface area contributed by atoms with Crippen molar-refractivity contribution in [2.75, 3.05) is 27.2 Å². The Kier molecular flexibility index (Phi) is 6.09. The van der Waals surface area contributed by atoms with Crippen LogP contribution in [0.2, 0.25) is 0 Å². The van der Waals surface area contributed by atoms with E-state index in [0.717, 1.165) is 12.8 Å². The van der Waals surface area contributed by atoms with Gasteiger partial charge in [0.15, 0.2) is 0 Å². The third kappa shape index (κ3) is 4.59. The van der Waals surface area contributed by atoms with Crippen molar-refractivity contribution in [1.29, 1.82) is 0 Å². The SMILES string of the molecule is CN(C)C(CNC(=O)NC(C)(CO)C1CC1)C1CCCCC1. The summed E-state index contributed by atoms with van der Waals surface area (Å²) in [6, 6.07) is 0.249. The van der Waals surface area contributed by atoms with Crippen LogP contribution in [0.15, 0.2) is 0 Å². The molecule has 0 aromatic heterocycles. The van der Waals surface area contributed by atoms with E-state index in [4.69, 9.17) is 0 Å². The third-order valence-electron chi connectivity index (χ3n) is 5.53. The number of nitrogens with one attached hydrogen (secondary N) is 2. The summed E-state index contributed by atoms with van der Waals surface area (Å²) >= 11 is 0. The Morgan fingerprint density at radius 2 is 1.86 bits per heavy atom. The van der Waals surface area contributed by atoms with Crippen molar-refractivity contribution in [1.82, 2.24) is 15.5 Å². The number of urea groups is 1. The van der Waals surface area contributed by atoms with Crippen LogP contribution in [0, 0.1) is 11.8 Å². The summed E-state index contributed by atoms with van der Waals surface area (Å²) in [4.78, 5) is 14.4. The van der Waals surface area contributed by atoms with Crippen LogP contribution in [0.1, 0.15) is 51.9 Å². The minimum Gasteiger partial charge on any atom is -0.394 e. The maximum Gasteiger partial charge on any atom is 0.315 e. The Balaban J connectivity index is 1.82. The highest BCUT2D eigenvalue weighted by molar-refractivity contribution is 5.74. The maximum absolute atomic E-state index is 12.2. The molecule has 2 atom stereocenters. The first-order chi connectivity index (χ1) is 10.5. The van der Waals surface area contributed by atoms with E-state index in [9.17, 15) is 9.90 Å². The maximum atomic E-state index is 12.2. The van der Waals surface area contributed by atoms with Gasteiger partial charge in [-0.15, -0.1) is 0 Å². The average Bonchev–Trinajstić information content (AvgIpc) is 3.33. The number of carbonyl (C=O) groups is 1. The minimum absolute atomic E-state index is 0.00478. The van der Waals surface area contributed by atoms with Crippen molar-refractivity contribution in [2.45, 2.75) is 63.5 Å². The lowest BCUT2D eigenvalue weighted by Crippen LogP contribution is -2.56. The fraction of sp³-hybridized carbons (Fsp3) is 0.941. The molecule has 0 aromatic rings. The lowest BCUT2D eigenvalue weighted by atomic mass is 9.83. The van der Waals surface area contributed by atoms with E-state index in [-0.39, 0.29) is 12.6 Å². The number of hydrogen-bond acceptors (Lipinski definition) is 3. The fourth-order valence-electron chi connectivity index (χ4n) is 3.78. The van der Waals surface area contributed by atoms with Crippen LogP contribution >= 0.6 is 0 Å². The molecule has 5 nitrogen and oxygen atoms in total. The van der Waals surface area contributed by atoms with E-state index in [1.165, 1.54) is 32.1 Å². The van der Waals surface area contributed by atoms with Gasteiger partial charge in [-0.25, -0.2) is 4.79 Å². The predicted molar refractivity (Wildman–Crippen MR) is 88.8 cm³/mol. The first kappa shape index (κ1) is 17.5. The Morgan fingerprint density at radius 1 is 1.23 bits per heavy atom. The topological polar surface area (TPSA) is 64.6 Å². The van der Waals surface area contributed by atoms with Crippen LogP contribution in [0.25, 0.3) is 0 Å². The van der Waals surface area contributed by atoms with Crippen LogP contribution in [-0.4, -0.2) is 54.9 Å². The number of carbonyl (C=O) groups excluding carboxylic acids is 1. The molecule has 128 valence electrons. The van der Waals surface area contributed by atoms with E-state index in [0.29, 0.717) is 24.4 Å². The normalized spacial score (nSPS) is 23.9. The summed E-state index contributed by atoms with van der Waals surface area (Å²) in [5.41, 5.74) is -0.470. The highest BCUT2D eigenvalue weighted by Gasteiger charge is 2.42. The molecule has 2 aliphatic rings. The summed E-state index contributed by atoms with van der Waals surface area (Å²) in [5.74, 6) is 1.10. The standard InChI is InChI=1S/C17H33N3O2/c1-17(12-21,14-9-10-14)19-16(22)18-11-15(20(2)3)13-7-5-4-6-8-13/h13-15,21H,4-12H2,1-3H3,(H2,18,19,22). The van der Waals surface area contributed by atoms with Crippen LogP contribution < -0.4 is 10.6 Å². The zero-order chi connectivity index (χ0) is 16.2. The molecule has 3 N–H and O–H groups in total. The lowest BCUT2D eigenvalue weighted by Gasteiger charge is -2.35. The van der Waals surface area contributed by atoms with Gasteiger partial charge in [0.1, 0.15) is 0 Å². The third-order valence-corrected chi connectivity index (χ3v) is 5.53. The minimum atomic E-state index is -0.470. The molecule has 0 spiro atoms. The molecule has 2 saturated carbocycles. The number of amides is 2. The van der Waals surface area contributed by atoms with Crippen molar-refractivity contribution in [3.05, 3.63) is 0 Å². The molecule has 0 radical (unpaired) electrons. The molecule has 0 saturated heterocycles. The molecule has 2 aliphatic carbocycles. The number of aliphatic hydroxyl groups excluding tert-OH is 1. The van der Waals surface area contributed by atoms with Crippen molar-refractivity contribution in [3.8, 4) is 0 Å². The van der Waals surface area contributed by atoms with Gasteiger partial charge in [0, 0.05) is 12.6 Å². The predicted octanol–water partition coefficient (Wildman–Crippen LogP) is 1.96. The zero-order valence-corrected chi connectivity index (χ0v) is 14.4. The molecule has 2 amide bonds. The van der Waals surface area contributed by atoms with Crippen LogP contribution in [0.4, 0.5) is 4.79 Å². The first-order valence-electron chi connectivity index (χ1n) is 8.79. The summed E-state index contributed by atoms with van der Waals surface area (Å²) < 4.78 is 0. The number of likely N-dealkylation sites (N-methyl/N-ethyl adjacent to an activating group) is 1. The number of rotatable bonds is 7. The summed E-state index contributed by atoms with van der Waals surface area (Å²) in [7, 11) is 4.20. The molecule has 0 bridgehead atoms. The van der Waals surface area contributed by atoms with Gasteiger partial charge in [-0.05, 0) is 58.5 Å². The van der Waals surface area contributed by atoms with Gasteiger partial charge in [0.2, 0.25) is 0 Å². The molecule has 2 unspecified atom stereocenters. The Labute approximate surface area is 134 Å². The van der Waals surface area contributed by atoms with Crippen LogP contribution in [0.5, 0.6) is 0 Å². The van der Waals surface area contributed by atoms with E-state index in [2.05, 4.69) is 29.6 Å².